The second kappa shape index (κ2) is 8.57. The van der Waals surface area contributed by atoms with Crippen molar-refractivity contribution in [1.82, 2.24) is 14.1 Å². The topological polar surface area (TPSA) is 83.5 Å². The van der Waals surface area contributed by atoms with Crippen LogP contribution < -0.4 is 0 Å². The summed E-state index contributed by atoms with van der Waals surface area (Å²) in [5, 5.41) is 25.3. The maximum absolute atomic E-state index is 9.65. The van der Waals surface area contributed by atoms with Gasteiger partial charge in [0.2, 0.25) is 0 Å². The summed E-state index contributed by atoms with van der Waals surface area (Å²) in [4.78, 5) is 5.28. The van der Waals surface area contributed by atoms with Gasteiger partial charge >= 0.3 is 0 Å². The highest BCUT2D eigenvalue weighted by atomic mass is 16.3. The van der Waals surface area contributed by atoms with Gasteiger partial charge in [0.15, 0.2) is 0 Å². The Labute approximate surface area is 244 Å². The van der Waals surface area contributed by atoms with Gasteiger partial charge in [0.1, 0.15) is 22.8 Å². The van der Waals surface area contributed by atoms with Gasteiger partial charge in [0.25, 0.3) is 0 Å². The van der Waals surface area contributed by atoms with Crippen molar-refractivity contribution in [2.75, 3.05) is 0 Å². The van der Waals surface area contributed by atoms with Crippen LogP contribution in [0.3, 0.4) is 0 Å². The monoisotopic (exact) mass is 549 g/mol. The third kappa shape index (κ3) is 3.18. The van der Waals surface area contributed by atoms with Crippen LogP contribution in [0, 0.1) is 22.7 Å². The molecule has 0 atom stereocenters. The Hall–Kier alpha value is -6.37. The molecular weight excluding hydrogens is 530 g/mol. The highest BCUT2D eigenvalue weighted by Crippen LogP contribution is 2.41. The average molecular weight is 550 g/mol. The fourth-order valence-corrected chi connectivity index (χ4v) is 6.58. The maximum Gasteiger partial charge on any atom is 0.140 e. The molecule has 0 radical (unpaired) electrons. The molecule has 0 amide bonds. The largest absolute Gasteiger partial charge is 0.456 e. The molecule has 0 aliphatic rings. The number of rotatable bonds is 2. The highest BCUT2D eigenvalue weighted by molar-refractivity contribution is 6.24. The van der Waals surface area contributed by atoms with E-state index >= 15 is 0 Å². The summed E-state index contributed by atoms with van der Waals surface area (Å²) in [7, 11) is 0. The van der Waals surface area contributed by atoms with E-state index in [0.29, 0.717) is 11.1 Å². The van der Waals surface area contributed by atoms with E-state index in [9.17, 15) is 10.5 Å². The van der Waals surface area contributed by atoms with Crippen LogP contribution in [0.2, 0.25) is 0 Å². The van der Waals surface area contributed by atoms with Crippen LogP contribution in [0.25, 0.3) is 77.2 Å². The van der Waals surface area contributed by atoms with Gasteiger partial charge < -0.3 is 4.42 Å². The number of nitrogens with zero attached hydrogens (tertiary/aromatic N) is 5. The van der Waals surface area contributed by atoms with Crippen molar-refractivity contribution in [3.63, 3.8) is 0 Å². The van der Waals surface area contributed by atoms with Crippen molar-refractivity contribution in [3.8, 4) is 23.8 Å². The van der Waals surface area contributed by atoms with Gasteiger partial charge in [-0.2, -0.15) is 10.5 Å². The summed E-state index contributed by atoms with van der Waals surface area (Å²) >= 11 is 0. The second-order valence-electron chi connectivity index (χ2n) is 10.7. The lowest BCUT2D eigenvalue weighted by Crippen LogP contribution is -2.03. The average Bonchev–Trinajstić information content (AvgIpc) is 3.71. The molecule has 0 aliphatic carbocycles. The number of nitriles is 2. The number of furan rings is 1. The standard InChI is InChI=1S/C37H19N5O/c38-20-22-12-15-31-27(18-22)25-7-2-3-8-29(25)41(31)34-10-5-11-35(40-34)42-30-9-4-1-6-24(30)26-14-17-33-36(37(26)42)28-19-23(21-39)13-16-32(28)43-33/h1-19H. The SMILES string of the molecule is N#Cc1ccc2oc3ccc4c5ccccc5n(-c5cccc(-n6c7ccccc7c7cc(C#N)ccc76)n5)c4c3c2c1. The van der Waals surface area contributed by atoms with E-state index in [1.54, 1.807) is 6.07 Å². The van der Waals surface area contributed by atoms with Crippen LogP contribution in [0.5, 0.6) is 0 Å². The van der Waals surface area contributed by atoms with Crippen LogP contribution in [0.1, 0.15) is 11.1 Å². The third-order valence-electron chi connectivity index (χ3n) is 8.38. The van der Waals surface area contributed by atoms with Crippen LogP contribution in [-0.4, -0.2) is 14.1 Å². The molecule has 0 saturated heterocycles. The van der Waals surface area contributed by atoms with Gasteiger partial charge in [-0.3, -0.25) is 9.13 Å². The molecular formula is C37H19N5O. The molecule has 0 fully saturated rings. The molecule has 0 unspecified atom stereocenters. The minimum Gasteiger partial charge on any atom is -0.456 e. The molecule has 9 rings (SSSR count). The first kappa shape index (κ1) is 23.3. The van der Waals surface area contributed by atoms with Crippen LogP contribution in [-0.2, 0) is 0 Å². The van der Waals surface area contributed by atoms with E-state index in [0.717, 1.165) is 77.2 Å². The molecule has 6 heteroatoms. The molecule has 0 saturated carbocycles. The van der Waals surface area contributed by atoms with Gasteiger partial charge in [-0.1, -0.05) is 42.5 Å². The minimum absolute atomic E-state index is 0.584. The number of benzene rings is 5. The van der Waals surface area contributed by atoms with E-state index in [-0.39, 0.29) is 0 Å². The Morgan fingerprint density at radius 3 is 1.88 bits per heavy atom. The summed E-state index contributed by atoms with van der Waals surface area (Å²) in [6.45, 7) is 0. The van der Waals surface area contributed by atoms with Crippen molar-refractivity contribution in [3.05, 3.63) is 126 Å². The fourth-order valence-electron chi connectivity index (χ4n) is 6.58. The normalized spacial score (nSPS) is 11.7. The number of aromatic nitrogens is 3. The smallest absolute Gasteiger partial charge is 0.140 e. The first-order valence-electron chi connectivity index (χ1n) is 13.9. The Kier molecular flexibility index (Phi) is 4.65. The molecule has 43 heavy (non-hydrogen) atoms. The molecule has 0 spiro atoms. The van der Waals surface area contributed by atoms with Crippen molar-refractivity contribution >= 4 is 65.6 Å². The number of pyridine rings is 1. The number of fused-ring (bicyclic) bond motifs is 10. The molecule has 6 nitrogen and oxygen atoms in total. The Bertz CT molecular complexity index is 2710. The summed E-state index contributed by atoms with van der Waals surface area (Å²) in [5.41, 5.74) is 6.72. The first-order chi connectivity index (χ1) is 21.2. The quantitative estimate of drug-likeness (QED) is 0.215. The van der Waals surface area contributed by atoms with Crippen molar-refractivity contribution in [2.24, 2.45) is 0 Å². The summed E-state index contributed by atoms with van der Waals surface area (Å²) < 4.78 is 10.6. The van der Waals surface area contributed by atoms with Gasteiger partial charge in [-0.25, -0.2) is 4.98 Å². The number of hydrogen-bond donors (Lipinski definition) is 0. The Morgan fingerprint density at radius 2 is 1.12 bits per heavy atom. The van der Waals surface area contributed by atoms with Crippen molar-refractivity contribution < 1.29 is 4.42 Å². The zero-order valence-electron chi connectivity index (χ0n) is 22.6. The van der Waals surface area contributed by atoms with Gasteiger partial charge in [0, 0.05) is 26.9 Å². The van der Waals surface area contributed by atoms with Crippen LogP contribution in [0.4, 0.5) is 0 Å². The lowest BCUT2D eigenvalue weighted by atomic mass is 10.1. The third-order valence-corrected chi connectivity index (χ3v) is 8.38. The van der Waals surface area contributed by atoms with Crippen LogP contribution >= 0.6 is 0 Å². The maximum atomic E-state index is 9.65. The van der Waals surface area contributed by atoms with E-state index < -0.39 is 0 Å². The molecule has 0 N–H and O–H groups in total. The molecule has 0 aliphatic heterocycles. The molecule has 198 valence electrons. The Balaban J connectivity index is 1.40. The van der Waals surface area contributed by atoms with Gasteiger partial charge in [0.05, 0.1) is 50.7 Å². The van der Waals surface area contributed by atoms with Gasteiger partial charge in [-0.05, 0) is 72.8 Å². The lowest BCUT2D eigenvalue weighted by molar-refractivity contribution is 0.669. The van der Waals surface area contributed by atoms with Crippen LogP contribution in [0.15, 0.2) is 120 Å². The summed E-state index contributed by atoms with van der Waals surface area (Å²) in [6.07, 6.45) is 0. The second-order valence-corrected chi connectivity index (χ2v) is 10.7. The highest BCUT2D eigenvalue weighted by Gasteiger charge is 2.21. The number of para-hydroxylation sites is 2. The predicted molar refractivity (Wildman–Crippen MR) is 170 cm³/mol. The Morgan fingerprint density at radius 1 is 0.512 bits per heavy atom. The molecule has 4 heterocycles. The molecule has 5 aromatic carbocycles. The van der Waals surface area contributed by atoms with Crippen molar-refractivity contribution in [2.45, 2.75) is 0 Å². The summed E-state index contributed by atoms with van der Waals surface area (Å²) in [5.74, 6) is 1.54. The first-order valence-corrected chi connectivity index (χ1v) is 13.9. The number of hydrogen-bond acceptors (Lipinski definition) is 4. The summed E-state index contributed by atoms with van der Waals surface area (Å²) in [6, 6.07) is 42.6. The zero-order valence-corrected chi connectivity index (χ0v) is 22.6. The van der Waals surface area contributed by atoms with E-state index in [1.807, 2.05) is 72.8 Å². The molecule has 0 bridgehead atoms. The zero-order chi connectivity index (χ0) is 28.7. The van der Waals surface area contributed by atoms with E-state index in [1.165, 1.54) is 0 Å². The van der Waals surface area contributed by atoms with E-state index in [4.69, 9.17) is 9.40 Å². The molecule has 4 aromatic heterocycles. The predicted octanol–water partition coefficient (Wildman–Crippen LogP) is 8.92. The minimum atomic E-state index is 0.584. The van der Waals surface area contributed by atoms with E-state index in [2.05, 4.69) is 57.7 Å². The van der Waals surface area contributed by atoms with Crippen molar-refractivity contribution in [1.29, 1.82) is 10.5 Å². The fraction of sp³-hybridized carbons (Fsp3) is 0. The molecule has 9 aromatic rings. The van der Waals surface area contributed by atoms with Gasteiger partial charge in [-0.15, -0.1) is 0 Å². The lowest BCUT2D eigenvalue weighted by Gasteiger charge is -2.12.